The number of aromatic nitrogens is 4. The van der Waals surface area contributed by atoms with Crippen LogP contribution in [0.25, 0.3) is 0 Å². The molecular formula is C11H14BrN5O2. The zero-order valence-electron chi connectivity index (χ0n) is 10.8. The maximum absolute atomic E-state index is 12.2. The molecule has 7 nitrogen and oxygen atoms in total. The van der Waals surface area contributed by atoms with Gasteiger partial charge in [0.1, 0.15) is 12.4 Å². The van der Waals surface area contributed by atoms with Crippen LogP contribution in [0, 0.1) is 6.92 Å². The maximum atomic E-state index is 12.2. The molecule has 2 rings (SSSR count). The molecule has 2 aromatic rings. The van der Waals surface area contributed by atoms with Gasteiger partial charge in [0.25, 0.3) is 5.91 Å². The number of carbonyl (C=O) groups excluding carboxylic acids is 1. The molecule has 0 atom stereocenters. The summed E-state index contributed by atoms with van der Waals surface area (Å²) in [4.78, 5) is 12.2. The van der Waals surface area contributed by atoms with Crippen molar-refractivity contribution in [2.24, 2.45) is 7.05 Å². The second-order valence-corrected chi connectivity index (χ2v) is 4.80. The van der Waals surface area contributed by atoms with Crippen LogP contribution in [-0.2, 0) is 18.5 Å². The van der Waals surface area contributed by atoms with Gasteiger partial charge in [0.15, 0.2) is 0 Å². The molecule has 0 aliphatic heterocycles. The van der Waals surface area contributed by atoms with Gasteiger partial charge in [-0.2, -0.15) is 10.2 Å². The van der Waals surface area contributed by atoms with Gasteiger partial charge in [-0.25, -0.2) is 4.68 Å². The summed E-state index contributed by atoms with van der Waals surface area (Å²) in [5.74, 6) is -0.244. The number of rotatable bonds is 4. The van der Waals surface area contributed by atoms with Gasteiger partial charge in [-0.1, -0.05) is 0 Å². The summed E-state index contributed by atoms with van der Waals surface area (Å²) in [5, 5.41) is 11.0. The Bertz CT molecular complexity index is 604. The number of hydrogen-bond donors (Lipinski definition) is 1. The van der Waals surface area contributed by atoms with Crippen molar-refractivity contribution in [3.8, 4) is 0 Å². The lowest BCUT2D eigenvalue weighted by molar-refractivity contribution is 0.101. The van der Waals surface area contributed by atoms with Crippen molar-refractivity contribution in [3.63, 3.8) is 0 Å². The van der Waals surface area contributed by atoms with Crippen molar-refractivity contribution >= 4 is 27.5 Å². The van der Waals surface area contributed by atoms with E-state index in [0.717, 1.165) is 5.69 Å². The molecule has 0 unspecified atom stereocenters. The number of methoxy groups -OCH3 is 1. The Morgan fingerprint density at radius 1 is 1.58 bits per heavy atom. The quantitative estimate of drug-likeness (QED) is 0.924. The smallest absolute Gasteiger partial charge is 0.275 e. The van der Waals surface area contributed by atoms with E-state index >= 15 is 0 Å². The van der Waals surface area contributed by atoms with Gasteiger partial charge in [0.2, 0.25) is 0 Å². The van der Waals surface area contributed by atoms with E-state index in [-0.39, 0.29) is 5.91 Å². The molecule has 0 aliphatic carbocycles. The molecule has 2 aromatic heterocycles. The van der Waals surface area contributed by atoms with E-state index in [0.29, 0.717) is 22.6 Å². The molecule has 1 amide bonds. The summed E-state index contributed by atoms with van der Waals surface area (Å²) in [6.45, 7) is 2.17. The van der Waals surface area contributed by atoms with Gasteiger partial charge in [-0.05, 0) is 22.9 Å². The molecule has 19 heavy (non-hydrogen) atoms. The summed E-state index contributed by atoms with van der Waals surface area (Å²) < 4.78 is 8.75. The molecule has 0 aromatic carbocycles. The first kappa shape index (κ1) is 13.8. The summed E-state index contributed by atoms with van der Waals surface area (Å²) in [6.07, 6.45) is 3.26. The first-order chi connectivity index (χ1) is 9.02. The normalized spacial score (nSPS) is 10.7. The van der Waals surface area contributed by atoms with Gasteiger partial charge < -0.3 is 10.1 Å². The van der Waals surface area contributed by atoms with E-state index in [4.69, 9.17) is 4.74 Å². The van der Waals surface area contributed by atoms with Gasteiger partial charge in [0, 0.05) is 14.2 Å². The SMILES string of the molecule is COCn1cc(NC(=O)c2c(Br)c(C)nn2C)cn1. The van der Waals surface area contributed by atoms with Crippen LogP contribution in [0.2, 0.25) is 0 Å². The summed E-state index contributed by atoms with van der Waals surface area (Å²) in [5.41, 5.74) is 1.84. The Labute approximate surface area is 118 Å². The molecule has 2 heterocycles. The Kier molecular flexibility index (Phi) is 4.01. The molecule has 0 radical (unpaired) electrons. The van der Waals surface area contributed by atoms with Crippen molar-refractivity contribution in [1.82, 2.24) is 19.6 Å². The molecular weight excluding hydrogens is 314 g/mol. The molecule has 0 spiro atoms. The zero-order valence-corrected chi connectivity index (χ0v) is 12.4. The third-order valence-electron chi connectivity index (χ3n) is 2.52. The van der Waals surface area contributed by atoms with Gasteiger partial charge >= 0.3 is 0 Å². The standard InChI is InChI=1S/C11H14BrN5O2/c1-7-9(12)10(16(2)15-7)11(18)14-8-4-13-17(5-8)6-19-3/h4-5H,6H2,1-3H3,(H,14,18). The molecule has 0 bridgehead atoms. The summed E-state index contributed by atoms with van der Waals surface area (Å²) in [6, 6.07) is 0. The van der Waals surface area contributed by atoms with E-state index in [1.807, 2.05) is 6.92 Å². The fraction of sp³-hybridized carbons (Fsp3) is 0.364. The lowest BCUT2D eigenvalue weighted by Gasteiger charge is -2.03. The second-order valence-electron chi connectivity index (χ2n) is 4.01. The van der Waals surface area contributed by atoms with Crippen LogP contribution in [0.15, 0.2) is 16.9 Å². The van der Waals surface area contributed by atoms with E-state index < -0.39 is 0 Å². The maximum Gasteiger partial charge on any atom is 0.275 e. The third kappa shape index (κ3) is 2.85. The lowest BCUT2D eigenvalue weighted by atomic mass is 10.3. The Morgan fingerprint density at radius 2 is 2.32 bits per heavy atom. The number of nitrogens with one attached hydrogen (secondary N) is 1. The number of nitrogens with zero attached hydrogens (tertiary/aromatic N) is 4. The highest BCUT2D eigenvalue weighted by Crippen LogP contribution is 2.21. The molecule has 0 saturated heterocycles. The van der Waals surface area contributed by atoms with E-state index in [1.165, 1.54) is 4.68 Å². The first-order valence-corrected chi connectivity index (χ1v) is 6.34. The van der Waals surface area contributed by atoms with E-state index in [1.54, 1.807) is 31.2 Å². The molecule has 0 fully saturated rings. The van der Waals surface area contributed by atoms with Crippen LogP contribution in [0.1, 0.15) is 16.2 Å². The highest BCUT2D eigenvalue weighted by Gasteiger charge is 2.18. The van der Waals surface area contributed by atoms with Crippen molar-refractivity contribution in [3.05, 3.63) is 28.3 Å². The summed E-state index contributed by atoms with van der Waals surface area (Å²) >= 11 is 3.36. The van der Waals surface area contributed by atoms with E-state index in [9.17, 15) is 4.79 Å². The average molecular weight is 328 g/mol. The summed E-state index contributed by atoms with van der Waals surface area (Å²) in [7, 11) is 3.30. The molecule has 1 N–H and O–H groups in total. The van der Waals surface area contributed by atoms with Crippen LogP contribution >= 0.6 is 15.9 Å². The highest BCUT2D eigenvalue weighted by atomic mass is 79.9. The average Bonchev–Trinajstić information content (AvgIpc) is 2.86. The number of anilines is 1. The fourth-order valence-electron chi connectivity index (χ4n) is 1.70. The molecule has 0 aliphatic rings. The third-order valence-corrected chi connectivity index (χ3v) is 3.47. The topological polar surface area (TPSA) is 74.0 Å². The van der Waals surface area contributed by atoms with Gasteiger partial charge in [0.05, 0.1) is 28.2 Å². The van der Waals surface area contributed by atoms with Crippen molar-refractivity contribution < 1.29 is 9.53 Å². The van der Waals surface area contributed by atoms with Crippen molar-refractivity contribution in [2.75, 3.05) is 12.4 Å². The number of aryl methyl sites for hydroxylation is 2. The molecule has 102 valence electrons. The second kappa shape index (κ2) is 5.54. The number of hydrogen-bond acceptors (Lipinski definition) is 4. The minimum Gasteiger partial charge on any atom is -0.362 e. The largest absolute Gasteiger partial charge is 0.362 e. The highest BCUT2D eigenvalue weighted by molar-refractivity contribution is 9.10. The molecule has 8 heteroatoms. The van der Waals surface area contributed by atoms with Crippen LogP contribution in [0.3, 0.4) is 0 Å². The number of amides is 1. The van der Waals surface area contributed by atoms with Crippen LogP contribution < -0.4 is 5.32 Å². The monoisotopic (exact) mass is 327 g/mol. The fourth-order valence-corrected chi connectivity index (χ4v) is 2.22. The zero-order chi connectivity index (χ0) is 14.0. The van der Waals surface area contributed by atoms with Gasteiger partial charge in [-0.15, -0.1) is 0 Å². The minimum absolute atomic E-state index is 0.244. The van der Waals surface area contributed by atoms with Crippen LogP contribution in [0.4, 0.5) is 5.69 Å². The Morgan fingerprint density at radius 3 is 2.89 bits per heavy atom. The number of halogens is 1. The van der Waals surface area contributed by atoms with Crippen LogP contribution in [0.5, 0.6) is 0 Å². The lowest BCUT2D eigenvalue weighted by Crippen LogP contribution is -2.16. The molecule has 0 saturated carbocycles. The van der Waals surface area contributed by atoms with Crippen molar-refractivity contribution in [1.29, 1.82) is 0 Å². The minimum atomic E-state index is -0.244. The Balaban J connectivity index is 2.16. The predicted octanol–water partition coefficient (Wildman–Crippen LogP) is 1.54. The first-order valence-electron chi connectivity index (χ1n) is 5.54. The van der Waals surface area contributed by atoms with E-state index in [2.05, 4.69) is 31.4 Å². The number of ether oxygens (including phenoxy) is 1. The van der Waals surface area contributed by atoms with Crippen LogP contribution in [-0.4, -0.2) is 32.6 Å². The Hall–Kier alpha value is -1.67. The van der Waals surface area contributed by atoms with Crippen molar-refractivity contribution in [2.45, 2.75) is 13.7 Å². The predicted molar refractivity (Wildman–Crippen MR) is 72.8 cm³/mol. The van der Waals surface area contributed by atoms with Gasteiger partial charge in [-0.3, -0.25) is 9.48 Å². The number of carbonyl (C=O) groups is 1.